The topological polar surface area (TPSA) is 38.8 Å². The van der Waals surface area contributed by atoms with Crippen molar-refractivity contribution in [2.24, 2.45) is 0 Å². The van der Waals surface area contributed by atoms with Crippen LogP contribution in [-0.4, -0.2) is 44.9 Å². The number of benzene rings is 1. The predicted octanol–water partition coefficient (Wildman–Crippen LogP) is 5.68. The van der Waals surface area contributed by atoms with Crippen molar-refractivity contribution in [3.8, 4) is 0 Å². The van der Waals surface area contributed by atoms with Crippen LogP contribution in [0.1, 0.15) is 53.2 Å². The van der Waals surface area contributed by atoms with Crippen LogP contribution in [0.2, 0.25) is 23.2 Å². The molecule has 0 radical (unpaired) electrons. The molecule has 0 heterocycles. The first kappa shape index (κ1) is 24.3. The van der Waals surface area contributed by atoms with E-state index in [1.165, 1.54) is 0 Å². The van der Waals surface area contributed by atoms with Gasteiger partial charge in [-0.05, 0) is 56.6 Å². The van der Waals surface area contributed by atoms with Gasteiger partial charge in [-0.3, -0.25) is 4.90 Å². The maximum absolute atomic E-state index is 11.2. The Morgan fingerprint density at radius 2 is 1.81 bits per heavy atom. The van der Waals surface area contributed by atoms with Crippen molar-refractivity contribution in [3.63, 3.8) is 0 Å². The summed E-state index contributed by atoms with van der Waals surface area (Å²) in [5.41, 5.74) is 0.756. The molecule has 0 amide bonds. The second kappa shape index (κ2) is 9.66. The maximum atomic E-state index is 11.2. The van der Waals surface area contributed by atoms with E-state index >= 15 is 0 Å². The first-order chi connectivity index (χ1) is 12.2. The summed E-state index contributed by atoms with van der Waals surface area (Å²) in [7, 11) is -2.02. The molecule has 154 valence electrons. The minimum atomic E-state index is -2.02. The van der Waals surface area contributed by atoms with Crippen LogP contribution in [0.15, 0.2) is 24.3 Å². The molecule has 27 heavy (non-hydrogen) atoms. The molecule has 1 aromatic carbocycles. The number of carbonyl (C=O) groups is 1. The van der Waals surface area contributed by atoms with E-state index in [-0.39, 0.29) is 16.7 Å². The quantitative estimate of drug-likeness (QED) is 0.296. The Hall–Kier alpha value is -0.723. The second-order valence-electron chi connectivity index (χ2n) is 9.51. The minimum Gasteiger partial charge on any atom is -0.409 e. The van der Waals surface area contributed by atoms with Crippen molar-refractivity contribution in [1.82, 2.24) is 4.90 Å². The van der Waals surface area contributed by atoms with Crippen LogP contribution in [0.4, 0.5) is 0 Å². The molecule has 0 aliphatic heterocycles. The molecule has 0 aliphatic rings. The third-order valence-electron chi connectivity index (χ3n) is 4.90. The summed E-state index contributed by atoms with van der Waals surface area (Å²) in [6.45, 7) is 18.4. The largest absolute Gasteiger partial charge is 0.409 e. The Balaban J connectivity index is 3.10. The minimum absolute atomic E-state index is 0.0845. The number of hydrogen-bond donors (Lipinski definition) is 0. The first-order valence-electron chi connectivity index (χ1n) is 9.48. The van der Waals surface area contributed by atoms with Gasteiger partial charge >= 0.3 is 0 Å². The van der Waals surface area contributed by atoms with E-state index in [1.54, 1.807) is 0 Å². The van der Waals surface area contributed by atoms with Crippen LogP contribution >= 0.6 is 11.6 Å². The average molecular weight is 414 g/mol. The molecule has 1 rings (SSSR count). The summed E-state index contributed by atoms with van der Waals surface area (Å²) >= 11 is 6.23. The van der Waals surface area contributed by atoms with Crippen molar-refractivity contribution < 1.29 is 14.0 Å². The van der Waals surface area contributed by atoms with Crippen LogP contribution < -0.4 is 0 Å². The summed E-state index contributed by atoms with van der Waals surface area (Å²) in [5.74, 6) is 0. The van der Waals surface area contributed by atoms with Crippen molar-refractivity contribution in [2.75, 3.05) is 19.8 Å². The van der Waals surface area contributed by atoms with Gasteiger partial charge in [0.25, 0.3) is 0 Å². The van der Waals surface area contributed by atoms with Gasteiger partial charge in [-0.2, -0.15) is 0 Å². The highest BCUT2D eigenvalue weighted by Crippen LogP contribution is 2.40. The lowest BCUT2D eigenvalue weighted by molar-refractivity contribution is -0.114. The van der Waals surface area contributed by atoms with Gasteiger partial charge in [-0.1, -0.05) is 44.5 Å². The Bertz CT molecular complexity index is 608. The molecule has 0 fully saturated rings. The molecule has 0 unspecified atom stereocenters. The molecule has 0 saturated heterocycles. The zero-order valence-corrected chi connectivity index (χ0v) is 19.9. The zero-order valence-electron chi connectivity index (χ0n) is 18.1. The van der Waals surface area contributed by atoms with Crippen LogP contribution in [0, 0.1) is 0 Å². The van der Waals surface area contributed by atoms with E-state index in [2.05, 4.69) is 33.9 Å². The Kier molecular flexibility index (Phi) is 8.70. The van der Waals surface area contributed by atoms with Crippen LogP contribution in [0.25, 0.3) is 0 Å². The molecular formula is C21H36ClNO3Si. The van der Waals surface area contributed by atoms with Crippen molar-refractivity contribution in [3.05, 3.63) is 34.9 Å². The van der Waals surface area contributed by atoms with Crippen molar-refractivity contribution >= 4 is 26.2 Å². The van der Waals surface area contributed by atoms with E-state index in [9.17, 15) is 4.79 Å². The number of rotatable bonds is 9. The Labute approximate surface area is 171 Å². The molecule has 0 bridgehead atoms. The summed E-state index contributed by atoms with van der Waals surface area (Å²) in [4.78, 5) is 13.2. The van der Waals surface area contributed by atoms with Gasteiger partial charge in [0, 0.05) is 11.6 Å². The van der Waals surface area contributed by atoms with E-state index in [4.69, 9.17) is 20.8 Å². The van der Waals surface area contributed by atoms with E-state index in [0.717, 1.165) is 11.8 Å². The number of hydrogen-bond acceptors (Lipinski definition) is 4. The fraction of sp³-hybridized carbons (Fsp3) is 0.667. The SMILES string of the molecule is CC(C)(C)OCN(CC=O)C[C@H](O[Si](C)(C)C(C)(C)C)c1cccc(Cl)c1. The molecule has 0 saturated carbocycles. The Morgan fingerprint density at radius 3 is 2.30 bits per heavy atom. The fourth-order valence-electron chi connectivity index (χ4n) is 2.25. The molecular weight excluding hydrogens is 378 g/mol. The Morgan fingerprint density at radius 1 is 1.19 bits per heavy atom. The van der Waals surface area contributed by atoms with Crippen LogP contribution in [0.3, 0.4) is 0 Å². The molecule has 1 atom stereocenters. The van der Waals surface area contributed by atoms with Crippen LogP contribution in [0.5, 0.6) is 0 Å². The van der Waals surface area contributed by atoms with E-state index in [0.29, 0.717) is 24.8 Å². The molecule has 0 N–H and O–H groups in total. The lowest BCUT2D eigenvalue weighted by Crippen LogP contribution is -2.45. The third kappa shape index (κ3) is 8.44. The number of aldehydes is 1. The van der Waals surface area contributed by atoms with Gasteiger partial charge in [0.05, 0.1) is 18.2 Å². The standard InChI is InChI=1S/C21H36ClNO3Si/c1-20(2,3)25-16-23(12-13-24)15-19(17-10-9-11-18(22)14-17)26-27(7,8)21(4,5)6/h9-11,13-14,19H,12,15-16H2,1-8H3/t19-/m0/s1. The molecule has 4 nitrogen and oxygen atoms in total. The summed E-state index contributed by atoms with van der Waals surface area (Å²) < 4.78 is 12.6. The lowest BCUT2D eigenvalue weighted by Gasteiger charge is -2.40. The molecule has 6 heteroatoms. The summed E-state index contributed by atoms with van der Waals surface area (Å²) in [6.07, 6.45) is 0.737. The van der Waals surface area contributed by atoms with Gasteiger partial charge in [0.2, 0.25) is 0 Å². The first-order valence-corrected chi connectivity index (χ1v) is 12.8. The summed E-state index contributed by atoms with van der Waals surface area (Å²) in [5, 5.41) is 0.769. The normalized spacial score (nSPS) is 14.4. The summed E-state index contributed by atoms with van der Waals surface area (Å²) in [6, 6.07) is 7.78. The van der Waals surface area contributed by atoms with Gasteiger partial charge in [0.15, 0.2) is 8.32 Å². The van der Waals surface area contributed by atoms with Crippen molar-refractivity contribution in [2.45, 2.75) is 71.4 Å². The van der Waals surface area contributed by atoms with Gasteiger partial charge < -0.3 is 14.0 Å². The van der Waals surface area contributed by atoms with E-state index in [1.807, 2.05) is 49.9 Å². The predicted molar refractivity (Wildman–Crippen MR) is 116 cm³/mol. The van der Waals surface area contributed by atoms with Crippen molar-refractivity contribution in [1.29, 1.82) is 0 Å². The third-order valence-corrected chi connectivity index (χ3v) is 9.62. The fourth-order valence-corrected chi connectivity index (χ4v) is 3.73. The number of carbonyl (C=O) groups excluding carboxylic acids is 1. The lowest BCUT2D eigenvalue weighted by atomic mass is 10.1. The average Bonchev–Trinajstić information content (AvgIpc) is 2.50. The maximum Gasteiger partial charge on any atom is 0.192 e. The molecule has 0 spiro atoms. The highest BCUT2D eigenvalue weighted by Gasteiger charge is 2.39. The molecule has 0 aromatic heterocycles. The highest BCUT2D eigenvalue weighted by atomic mass is 35.5. The molecule has 0 aliphatic carbocycles. The van der Waals surface area contributed by atoms with Gasteiger partial charge in [-0.15, -0.1) is 0 Å². The molecule has 1 aromatic rings. The number of ether oxygens (including phenoxy) is 1. The smallest absolute Gasteiger partial charge is 0.192 e. The number of halogens is 1. The van der Waals surface area contributed by atoms with Gasteiger partial charge in [0.1, 0.15) is 13.0 Å². The van der Waals surface area contributed by atoms with E-state index < -0.39 is 8.32 Å². The van der Waals surface area contributed by atoms with Gasteiger partial charge in [-0.25, -0.2) is 0 Å². The second-order valence-corrected chi connectivity index (χ2v) is 14.7. The van der Waals surface area contributed by atoms with Crippen LogP contribution in [-0.2, 0) is 14.0 Å². The monoisotopic (exact) mass is 413 g/mol. The number of nitrogens with zero attached hydrogens (tertiary/aromatic N) is 1. The highest BCUT2D eigenvalue weighted by molar-refractivity contribution is 6.74. The zero-order chi connectivity index (χ0) is 20.9.